The largest absolute Gasteiger partial charge is 0.496 e. The van der Waals surface area contributed by atoms with Crippen LogP contribution in [0.15, 0.2) is 78.9 Å². The molecule has 4 nitrogen and oxygen atoms in total. The molecule has 0 aliphatic rings. The van der Waals surface area contributed by atoms with Gasteiger partial charge in [-0.3, -0.25) is 0 Å². The van der Waals surface area contributed by atoms with Crippen molar-refractivity contribution in [3.05, 3.63) is 95.6 Å². The maximum atomic E-state index is 10.7. The number of hydrogen-bond donors (Lipinski definition) is 2. The lowest BCUT2D eigenvalue weighted by Gasteiger charge is -2.20. The maximum Gasteiger partial charge on any atom is 0.125 e. The van der Waals surface area contributed by atoms with Crippen molar-refractivity contribution in [3.63, 3.8) is 0 Å². The van der Waals surface area contributed by atoms with Crippen LogP contribution < -0.4 is 14.8 Å². The smallest absolute Gasteiger partial charge is 0.125 e. The second kappa shape index (κ2) is 10.6. The molecule has 0 radical (unpaired) electrons. The lowest BCUT2D eigenvalue weighted by molar-refractivity contribution is 0.163. The van der Waals surface area contributed by atoms with Crippen molar-refractivity contribution in [1.29, 1.82) is 0 Å². The molecule has 2 N–H and O–H groups in total. The average Bonchev–Trinajstić information content (AvgIpc) is 2.77. The lowest BCUT2D eigenvalue weighted by atomic mass is 10.0. The first-order chi connectivity index (χ1) is 14.2. The Morgan fingerprint density at radius 3 is 2.28 bits per heavy atom. The molecule has 2 atom stereocenters. The number of para-hydroxylation sites is 2. The quantitative estimate of drug-likeness (QED) is 0.533. The number of ether oxygens (including phenoxy) is 2. The highest BCUT2D eigenvalue weighted by atomic mass is 16.5. The van der Waals surface area contributed by atoms with Gasteiger partial charge in [0.15, 0.2) is 0 Å². The van der Waals surface area contributed by atoms with Gasteiger partial charge in [-0.05, 0) is 36.6 Å². The van der Waals surface area contributed by atoms with Crippen molar-refractivity contribution in [3.8, 4) is 11.5 Å². The molecule has 3 rings (SSSR count). The first-order valence-electron chi connectivity index (χ1n) is 9.96. The van der Waals surface area contributed by atoms with Crippen LogP contribution in [-0.4, -0.2) is 24.8 Å². The number of benzene rings is 3. The molecule has 0 saturated heterocycles. The minimum Gasteiger partial charge on any atom is -0.496 e. The monoisotopic (exact) mass is 391 g/mol. The summed E-state index contributed by atoms with van der Waals surface area (Å²) in [4.78, 5) is 0. The first-order valence-corrected chi connectivity index (χ1v) is 9.96. The minimum atomic E-state index is -0.651. The summed E-state index contributed by atoms with van der Waals surface area (Å²) in [6.07, 6.45) is 0.171. The molecular formula is C25H29NO3. The van der Waals surface area contributed by atoms with Gasteiger partial charge in [-0.25, -0.2) is 0 Å². The Bertz CT molecular complexity index is 882. The Labute approximate surface area is 173 Å². The number of aliphatic hydroxyl groups is 1. The highest BCUT2D eigenvalue weighted by molar-refractivity contribution is 5.36. The van der Waals surface area contributed by atoms with Gasteiger partial charge in [0.1, 0.15) is 18.1 Å². The molecule has 4 heteroatoms. The topological polar surface area (TPSA) is 50.7 Å². The van der Waals surface area contributed by atoms with Gasteiger partial charge in [-0.15, -0.1) is 0 Å². The number of nitrogens with one attached hydrogen (secondary N) is 1. The van der Waals surface area contributed by atoms with Gasteiger partial charge >= 0.3 is 0 Å². The fourth-order valence-electron chi connectivity index (χ4n) is 3.32. The van der Waals surface area contributed by atoms with Gasteiger partial charge in [-0.2, -0.15) is 0 Å². The molecule has 152 valence electrons. The number of methoxy groups -OCH3 is 1. The Balaban J connectivity index is 1.57. The van der Waals surface area contributed by atoms with Crippen LogP contribution in [0.1, 0.15) is 29.7 Å². The van der Waals surface area contributed by atoms with Crippen LogP contribution in [0.2, 0.25) is 0 Å². The second-order valence-electron chi connectivity index (χ2n) is 7.15. The fraction of sp³-hybridized carbons (Fsp3) is 0.280. The summed E-state index contributed by atoms with van der Waals surface area (Å²) in [6, 6.07) is 25.9. The summed E-state index contributed by atoms with van der Waals surface area (Å²) < 4.78 is 11.4. The molecule has 0 aromatic heterocycles. The standard InChI is InChI=1S/C25H29NO3/c1-19(16-21-12-6-8-14-24(21)28-2)26-17-23(27)22-13-7-9-15-25(22)29-18-20-10-4-3-5-11-20/h3-15,19,23,26-27H,16-18H2,1-2H3/t19-,23+/m1/s1. The Hall–Kier alpha value is -2.82. The molecule has 0 saturated carbocycles. The van der Waals surface area contributed by atoms with Gasteiger partial charge in [0.2, 0.25) is 0 Å². The zero-order valence-corrected chi connectivity index (χ0v) is 17.0. The van der Waals surface area contributed by atoms with Crippen LogP contribution in [0.5, 0.6) is 11.5 Å². The van der Waals surface area contributed by atoms with Crippen molar-refractivity contribution in [2.45, 2.75) is 32.1 Å². The fourth-order valence-corrected chi connectivity index (χ4v) is 3.32. The zero-order valence-electron chi connectivity index (χ0n) is 17.0. The summed E-state index contributed by atoms with van der Waals surface area (Å²) >= 11 is 0. The first kappa shape index (κ1) is 20.9. The SMILES string of the molecule is COc1ccccc1C[C@@H](C)NC[C@H](O)c1ccccc1OCc1ccccc1. The Morgan fingerprint density at radius 1 is 0.862 bits per heavy atom. The molecule has 3 aromatic rings. The lowest BCUT2D eigenvalue weighted by Crippen LogP contribution is -2.32. The van der Waals surface area contributed by atoms with E-state index in [9.17, 15) is 5.11 Å². The second-order valence-corrected chi connectivity index (χ2v) is 7.15. The average molecular weight is 392 g/mol. The van der Waals surface area contributed by atoms with Crippen molar-refractivity contribution in [1.82, 2.24) is 5.32 Å². The molecular weight excluding hydrogens is 362 g/mol. The van der Waals surface area contributed by atoms with E-state index in [0.717, 1.165) is 28.9 Å². The molecule has 0 aliphatic carbocycles. The number of rotatable bonds is 10. The molecule has 0 aliphatic heterocycles. The summed E-state index contributed by atoms with van der Waals surface area (Å²) in [6.45, 7) is 3.03. The van der Waals surface area contributed by atoms with Crippen molar-refractivity contribution in [2.24, 2.45) is 0 Å². The third kappa shape index (κ3) is 6.08. The molecule has 0 spiro atoms. The number of hydrogen-bond acceptors (Lipinski definition) is 4. The zero-order chi connectivity index (χ0) is 20.5. The van der Waals surface area contributed by atoms with Crippen LogP contribution in [0.3, 0.4) is 0 Å². The molecule has 0 fully saturated rings. The Kier molecular flexibility index (Phi) is 7.68. The highest BCUT2D eigenvalue weighted by Crippen LogP contribution is 2.26. The summed E-state index contributed by atoms with van der Waals surface area (Å²) in [5, 5.41) is 14.2. The molecule has 0 amide bonds. The van der Waals surface area contributed by atoms with E-state index in [1.165, 1.54) is 0 Å². The van der Waals surface area contributed by atoms with Crippen LogP contribution in [0.25, 0.3) is 0 Å². The van der Waals surface area contributed by atoms with E-state index >= 15 is 0 Å². The van der Waals surface area contributed by atoms with Crippen LogP contribution in [0.4, 0.5) is 0 Å². The molecule has 29 heavy (non-hydrogen) atoms. The number of aliphatic hydroxyl groups excluding tert-OH is 1. The molecule has 3 aromatic carbocycles. The van der Waals surface area contributed by atoms with Crippen LogP contribution in [0, 0.1) is 0 Å². The van der Waals surface area contributed by atoms with Gasteiger partial charge in [0.25, 0.3) is 0 Å². The molecule has 0 bridgehead atoms. The van der Waals surface area contributed by atoms with Gasteiger partial charge in [0, 0.05) is 18.2 Å². The van der Waals surface area contributed by atoms with E-state index in [-0.39, 0.29) is 6.04 Å². The van der Waals surface area contributed by atoms with Crippen LogP contribution in [-0.2, 0) is 13.0 Å². The normalized spacial score (nSPS) is 12.9. The third-order valence-electron chi connectivity index (χ3n) is 4.89. The van der Waals surface area contributed by atoms with Gasteiger partial charge < -0.3 is 19.9 Å². The van der Waals surface area contributed by atoms with E-state index in [1.54, 1.807) is 7.11 Å². The maximum absolute atomic E-state index is 10.7. The Morgan fingerprint density at radius 2 is 1.52 bits per heavy atom. The van der Waals surface area contributed by atoms with Crippen molar-refractivity contribution in [2.75, 3.05) is 13.7 Å². The summed E-state index contributed by atoms with van der Waals surface area (Å²) in [7, 11) is 1.69. The van der Waals surface area contributed by atoms with E-state index < -0.39 is 6.10 Å². The van der Waals surface area contributed by atoms with E-state index in [0.29, 0.717) is 18.9 Å². The minimum absolute atomic E-state index is 0.193. The predicted octanol–water partition coefficient (Wildman–Crippen LogP) is 4.53. The van der Waals surface area contributed by atoms with Gasteiger partial charge in [0.05, 0.1) is 13.2 Å². The summed E-state index contributed by atoms with van der Waals surface area (Å²) in [5.74, 6) is 1.60. The van der Waals surface area contributed by atoms with E-state index in [1.807, 2.05) is 72.8 Å². The van der Waals surface area contributed by atoms with Gasteiger partial charge in [-0.1, -0.05) is 66.7 Å². The molecule has 0 unspecified atom stereocenters. The highest BCUT2D eigenvalue weighted by Gasteiger charge is 2.15. The van der Waals surface area contributed by atoms with E-state index in [2.05, 4.69) is 18.3 Å². The van der Waals surface area contributed by atoms with Crippen LogP contribution >= 0.6 is 0 Å². The van der Waals surface area contributed by atoms with Crippen molar-refractivity contribution >= 4 is 0 Å². The summed E-state index contributed by atoms with van der Waals surface area (Å²) in [5.41, 5.74) is 3.04. The van der Waals surface area contributed by atoms with Crippen molar-refractivity contribution < 1.29 is 14.6 Å². The third-order valence-corrected chi connectivity index (χ3v) is 4.89. The van der Waals surface area contributed by atoms with E-state index in [4.69, 9.17) is 9.47 Å². The predicted molar refractivity (Wildman–Crippen MR) is 116 cm³/mol. The molecule has 0 heterocycles.